The van der Waals surface area contributed by atoms with Crippen LogP contribution in [0.1, 0.15) is 5.56 Å². The van der Waals surface area contributed by atoms with Crippen LogP contribution < -0.4 is 11.1 Å². The summed E-state index contributed by atoms with van der Waals surface area (Å²) < 4.78 is 24.2. The molecule has 3 N–H and O–H groups in total. The number of nitrogens with zero attached hydrogens (tertiary/aromatic N) is 1. The van der Waals surface area contributed by atoms with Gasteiger partial charge in [0.05, 0.1) is 5.75 Å². The van der Waals surface area contributed by atoms with E-state index in [4.69, 9.17) is 5.73 Å². The van der Waals surface area contributed by atoms with E-state index in [1.165, 1.54) is 18.4 Å². The maximum absolute atomic E-state index is 11.5. The second-order valence-electron chi connectivity index (χ2n) is 4.10. The minimum Gasteiger partial charge on any atom is -0.399 e. The fraction of sp³-hybridized carbons (Fsp3) is 0.455. The number of anilines is 2. The van der Waals surface area contributed by atoms with Crippen LogP contribution in [0.25, 0.3) is 0 Å². The van der Waals surface area contributed by atoms with Crippen molar-refractivity contribution in [1.82, 2.24) is 4.31 Å². The molecule has 0 fully saturated rings. The van der Waals surface area contributed by atoms with E-state index in [-0.39, 0.29) is 5.75 Å². The van der Waals surface area contributed by atoms with Crippen molar-refractivity contribution in [2.75, 3.05) is 37.4 Å². The molecule has 5 nitrogen and oxygen atoms in total. The largest absolute Gasteiger partial charge is 0.399 e. The smallest absolute Gasteiger partial charge is 0.215 e. The molecule has 0 radical (unpaired) electrons. The van der Waals surface area contributed by atoms with E-state index in [1.807, 2.05) is 19.1 Å². The number of nitrogen functional groups attached to an aromatic ring is 1. The second kappa shape index (κ2) is 5.37. The van der Waals surface area contributed by atoms with E-state index in [1.54, 1.807) is 6.07 Å². The molecule has 0 saturated heterocycles. The molecule has 0 bridgehead atoms. The molecule has 17 heavy (non-hydrogen) atoms. The van der Waals surface area contributed by atoms with Gasteiger partial charge in [-0.05, 0) is 30.7 Å². The number of nitrogens with two attached hydrogens (primary N) is 1. The third-order valence-electron chi connectivity index (χ3n) is 2.52. The number of hydrogen-bond acceptors (Lipinski definition) is 4. The Labute approximate surface area is 103 Å². The average Bonchev–Trinajstić information content (AvgIpc) is 2.23. The van der Waals surface area contributed by atoms with Gasteiger partial charge in [-0.15, -0.1) is 0 Å². The topological polar surface area (TPSA) is 75.4 Å². The van der Waals surface area contributed by atoms with Crippen molar-refractivity contribution in [2.24, 2.45) is 0 Å². The Balaban J connectivity index is 2.55. The standard InChI is InChI=1S/C11H19N3O2S/c1-9-8-10(4-5-11(9)12)13-6-7-17(15,16)14(2)3/h4-5,8,13H,6-7,12H2,1-3H3. The SMILES string of the molecule is Cc1cc(NCCS(=O)(=O)N(C)C)ccc1N. The fourth-order valence-corrected chi connectivity index (χ4v) is 2.02. The molecule has 0 amide bonds. The monoisotopic (exact) mass is 257 g/mol. The lowest BCUT2D eigenvalue weighted by Gasteiger charge is -2.12. The third kappa shape index (κ3) is 3.90. The summed E-state index contributed by atoms with van der Waals surface area (Å²) in [7, 11) is -0.0796. The molecule has 96 valence electrons. The first-order valence-electron chi connectivity index (χ1n) is 5.33. The van der Waals surface area contributed by atoms with Crippen LogP contribution in [-0.4, -0.2) is 39.1 Å². The molecule has 1 rings (SSSR count). The van der Waals surface area contributed by atoms with Gasteiger partial charge in [0.15, 0.2) is 0 Å². The van der Waals surface area contributed by atoms with Crippen LogP contribution in [0.15, 0.2) is 18.2 Å². The fourth-order valence-electron chi connectivity index (χ4n) is 1.29. The molecule has 0 spiro atoms. The predicted octanol–water partition coefficient (Wildman–Crippen LogP) is 0.881. The van der Waals surface area contributed by atoms with Crippen molar-refractivity contribution in [3.63, 3.8) is 0 Å². The van der Waals surface area contributed by atoms with Gasteiger partial charge < -0.3 is 11.1 Å². The van der Waals surface area contributed by atoms with E-state index in [9.17, 15) is 8.42 Å². The average molecular weight is 257 g/mol. The van der Waals surface area contributed by atoms with Gasteiger partial charge in [0.1, 0.15) is 0 Å². The van der Waals surface area contributed by atoms with E-state index in [0.717, 1.165) is 16.9 Å². The molecule has 0 aliphatic carbocycles. The number of hydrogen-bond donors (Lipinski definition) is 2. The molecule has 1 aromatic carbocycles. The lowest BCUT2D eigenvalue weighted by atomic mass is 10.2. The van der Waals surface area contributed by atoms with Crippen molar-refractivity contribution in [3.8, 4) is 0 Å². The summed E-state index contributed by atoms with van der Waals surface area (Å²) >= 11 is 0. The highest BCUT2D eigenvalue weighted by Gasteiger charge is 2.12. The first-order valence-corrected chi connectivity index (χ1v) is 6.94. The summed E-state index contributed by atoms with van der Waals surface area (Å²) in [6, 6.07) is 5.54. The lowest BCUT2D eigenvalue weighted by Crippen LogP contribution is -2.28. The van der Waals surface area contributed by atoms with E-state index in [0.29, 0.717) is 6.54 Å². The van der Waals surface area contributed by atoms with Gasteiger partial charge in [-0.2, -0.15) is 0 Å². The Morgan fingerprint density at radius 2 is 2.00 bits per heavy atom. The molecule has 0 aliphatic rings. The summed E-state index contributed by atoms with van der Waals surface area (Å²) in [5.41, 5.74) is 8.29. The zero-order valence-corrected chi connectivity index (χ0v) is 11.2. The predicted molar refractivity (Wildman–Crippen MR) is 71.6 cm³/mol. The summed E-state index contributed by atoms with van der Waals surface area (Å²) in [6.07, 6.45) is 0. The molecular formula is C11H19N3O2S. The number of sulfonamides is 1. The number of nitrogens with one attached hydrogen (secondary N) is 1. The Hall–Kier alpha value is -1.27. The van der Waals surface area contributed by atoms with Gasteiger partial charge in [0, 0.05) is 32.0 Å². The zero-order chi connectivity index (χ0) is 13.1. The van der Waals surface area contributed by atoms with Crippen LogP contribution in [0, 0.1) is 6.92 Å². The Kier molecular flexibility index (Phi) is 4.36. The number of benzene rings is 1. The third-order valence-corrected chi connectivity index (χ3v) is 4.35. The highest BCUT2D eigenvalue weighted by Crippen LogP contribution is 2.16. The Morgan fingerprint density at radius 1 is 1.35 bits per heavy atom. The quantitative estimate of drug-likeness (QED) is 0.768. The van der Waals surface area contributed by atoms with Crippen LogP contribution in [0.2, 0.25) is 0 Å². The molecule has 1 aromatic rings. The number of rotatable bonds is 5. The van der Waals surface area contributed by atoms with Gasteiger partial charge in [0.25, 0.3) is 0 Å². The van der Waals surface area contributed by atoms with Crippen LogP contribution in [0.4, 0.5) is 11.4 Å². The second-order valence-corrected chi connectivity index (χ2v) is 6.40. The molecule has 0 atom stereocenters. The molecule has 0 aromatic heterocycles. The normalized spacial score (nSPS) is 11.8. The van der Waals surface area contributed by atoms with Gasteiger partial charge in [-0.3, -0.25) is 0 Å². The molecular weight excluding hydrogens is 238 g/mol. The van der Waals surface area contributed by atoms with Crippen molar-refractivity contribution in [3.05, 3.63) is 23.8 Å². The summed E-state index contributed by atoms with van der Waals surface area (Å²) in [4.78, 5) is 0. The Morgan fingerprint density at radius 3 is 2.53 bits per heavy atom. The van der Waals surface area contributed by atoms with Crippen LogP contribution >= 0.6 is 0 Å². The van der Waals surface area contributed by atoms with E-state index < -0.39 is 10.0 Å². The Bertz CT molecular complexity index is 483. The lowest BCUT2D eigenvalue weighted by molar-refractivity contribution is 0.521. The van der Waals surface area contributed by atoms with Crippen molar-refractivity contribution in [1.29, 1.82) is 0 Å². The molecule has 6 heteroatoms. The van der Waals surface area contributed by atoms with Crippen LogP contribution in [0.3, 0.4) is 0 Å². The van der Waals surface area contributed by atoms with Crippen molar-refractivity contribution >= 4 is 21.4 Å². The van der Waals surface area contributed by atoms with Gasteiger partial charge in [0.2, 0.25) is 10.0 Å². The summed E-state index contributed by atoms with van der Waals surface area (Å²) in [5.74, 6) is 0.0728. The van der Waals surface area contributed by atoms with Gasteiger partial charge in [-0.25, -0.2) is 12.7 Å². The zero-order valence-electron chi connectivity index (χ0n) is 10.4. The first-order chi connectivity index (χ1) is 7.83. The number of aryl methyl sites for hydroxylation is 1. The van der Waals surface area contributed by atoms with E-state index >= 15 is 0 Å². The van der Waals surface area contributed by atoms with Crippen molar-refractivity contribution < 1.29 is 8.42 Å². The van der Waals surface area contributed by atoms with Gasteiger partial charge in [-0.1, -0.05) is 0 Å². The molecule has 0 aliphatic heterocycles. The summed E-state index contributed by atoms with van der Waals surface area (Å²) in [6.45, 7) is 2.29. The molecule has 0 unspecified atom stereocenters. The minimum absolute atomic E-state index is 0.0728. The maximum Gasteiger partial charge on any atom is 0.215 e. The maximum atomic E-state index is 11.5. The van der Waals surface area contributed by atoms with Gasteiger partial charge >= 0.3 is 0 Å². The highest BCUT2D eigenvalue weighted by molar-refractivity contribution is 7.89. The van der Waals surface area contributed by atoms with Crippen molar-refractivity contribution in [2.45, 2.75) is 6.92 Å². The van der Waals surface area contributed by atoms with Crippen LogP contribution in [0.5, 0.6) is 0 Å². The summed E-state index contributed by atoms with van der Waals surface area (Å²) in [5, 5.41) is 3.06. The van der Waals surface area contributed by atoms with Crippen LogP contribution in [-0.2, 0) is 10.0 Å². The minimum atomic E-state index is -3.14. The van der Waals surface area contributed by atoms with E-state index in [2.05, 4.69) is 5.32 Å². The first kappa shape index (κ1) is 13.8. The molecule has 0 saturated carbocycles. The highest BCUT2D eigenvalue weighted by atomic mass is 32.2. The molecule has 0 heterocycles.